The van der Waals surface area contributed by atoms with Crippen LogP contribution >= 0.6 is 0 Å². The Bertz CT molecular complexity index is 755. The molecule has 3 aromatic rings. The van der Waals surface area contributed by atoms with Crippen molar-refractivity contribution in [3.05, 3.63) is 54.1 Å². The van der Waals surface area contributed by atoms with Crippen molar-refractivity contribution in [1.29, 1.82) is 0 Å². The molecule has 0 bridgehead atoms. The Morgan fingerprint density at radius 3 is 2.52 bits per heavy atom. The van der Waals surface area contributed by atoms with Crippen molar-refractivity contribution in [2.45, 2.75) is 33.7 Å². The Labute approximate surface area is 126 Å². The zero-order valence-corrected chi connectivity index (χ0v) is 13.0. The second kappa shape index (κ2) is 5.72. The quantitative estimate of drug-likeness (QED) is 0.652. The lowest BCUT2D eigenvalue weighted by Crippen LogP contribution is -2.08. The van der Waals surface area contributed by atoms with Crippen molar-refractivity contribution in [1.82, 2.24) is 9.55 Å². The predicted octanol–water partition coefficient (Wildman–Crippen LogP) is 5.06. The molecule has 3 rings (SSSR count). The number of aromatic nitrogens is 2. The maximum absolute atomic E-state index is 4.89. The third-order valence-electron chi connectivity index (χ3n) is 4.23. The summed E-state index contributed by atoms with van der Waals surface area (Å²) >= 11 is 0. The van der Waals surface area contributed by atoms with Gasteiger partial charge < -0.3 is 4.57 Å². The summed E-state index contributed by atoms with van der Waals surface area (Å²) in [6.07, 6.45) is 1.18. The summed E-state index contributed by atoms with van der Waals surface area (Å²) in [7, 11) is 0. The molecular formula is C19H22N2. The van der Waals surface area contributed by atoms with Crippen molar-refractivity contribution < 1.29 is 0 Å². The standard InChI is InChI=1S/C19H22N2/c1-4-14(2)13-21-18-12-8-7-11-17(18)20-19(21)16-10-6-5-9-15(16)3/h5-12,14H,4,13H2,1-3H3. The van der Waals surface area contributed by atoms with Gasteiger partial charge in [0.25, 0.3) is 0 Å². The number of fused-ring (bicyclic) bond motifs is 1. The number of nitrogens with zero attached hydrogens (tertiary/aromatic N) is 2. The Hall–Kier alpha value is -2.09. The Morgan fingerprint density at radius 1 is 1.05 bits per heavy atom. The Morgan fingerprint density at radius 2 is 1.76 bits per heavy atom. The molecule has 0 fully saturated rings. The fourth-order valence-corrected chi connectivity index (χ4v) is 2.73. The van der Waals surface area contributed by atoms with Crippen LogP contribution in [0.2, 0.25) is 0 Å². The molecule has 1 atom stereocenters. The fourth-order valence-electron chi connectivity index (χ4n) is 2.73. The third kappa shape index (κ3) is 2.58. The molecule has 2 nitrogen and oxygen atoms in total. The number of rotatable bonds is 4. The number of benzene rings is 2. The van der Waals surface area contributed by atoms with Crippen LogP contribution in [0.5, 0.6) is 0 Å². The van der Waals surface area contributed by atoms with Crippen molar-refractivity contribution in [3.8, 4) is 11.4 Å². The number of imidazole rings is 1. The van der Waals surface area contributed by atoms with Gasteiger partial charge in [-0.15, -0.1) is 0 Å². The molecule has 1 aromatic heterocycles. The molecule has 0 amide bonds. The first-order valence-electron chi connectivity index (χ1n) is 7.72. The van der Waals surface area contributed by atoms with Gasteiger partial charge in [0.1, 0.15) is 5.82 Å². The molecule has 1 unspecified atom stereocenters. The average Bonchev–Trinajstić information content (AvgIpc) is 2.86. The lowest BCUT2D eigenvalue weighted by Gasteiger charge is -2.15. The van der Waals surface area contributed by atoms with Crippen LogP contribution in [0.25, 0.3) is 22.4 Å². The first-order valence-corrected chi connectivity index (χ1v) is 7.72. The van der Waals surface area contributed by atoms with Crippen LogP contribution in [0.3, 0.4) is 0 Å². The summed E-state index contributed by atoms with van der Waals surface area (Å²) in [4.78, 5) is 4.89. The zero-order chi connectivity index (χ0) is 14.8. The molecule has 0 N–H and O–H groups in total. The van der Waals surface area contributed by atoms with Crippen molar-refractivity contribution in [3.63, 3.8) is 0 Å². The first kappa shape index (κ1) is 13.9. The number of aryl methyl sites for hydroxylation is 1. The minimum atomic E-state index is 0.644. The zero-order valence-electron chi connectivity index (χ0n) is 13.0. The van der Waals surface area contributed by atoms with Crippen LogP contribution in [-0.4, -0.2) is 9.55 Å². The SMILES string of the molecule is CCC(C)Cn1c(-c2ccccc2C)nc2ccccc21. The van der Waals surface area contributed by atoms with Gasteiger partial charge in [0, 0.05) is 12.1 Å². The van der Waals surface area contributed by atoms with Crippen LogP contribution in [0.4, 0.5) is 0 Å². The summed E-state index contributed by atoms with van der Waals surface area (Å²) in [5.41, 5.74) is 4.82. The van der Waals surface area contributed by atoms with E-state index in [0.717, 1.165) is 17.9 Å². The summed E-state index contributed by atoms with van der Waals surface area (Å²) in [6, 6.07) is 16.9. The normalized spacial score (nSPS) is 12.7. The van der Waals surface area contributed by atoms with Crippen LogP contribution < -0.4 is 0 Å². The van der Waals surface area contributed by atoms with Crippen molar-refractivity contribution in [2.24, 2.45) is 5.92 Å². The largest absolute Gasteiger partial charge is 0.324 e. The number of hydrogen-bond donors (Lipinski definition) is 0. The maximum atomic E-state index is 4.89. The van der Waals surface area contributed by atoms with E-state index in [1.807, 2.05) is 0 Å². The van der Waals surface area contributed by atoms with E-state index in [9.17, 15) is 0 Å². The van der Waals surface area contributed by atoms with Crippen LogP contribution in [-0.2, 0) is 6.54 Å². The van der Waals surface area contributed by atoms with Crippen LogP contribution in [0.1, 0.15) is 25.8 Å². The van der Waals surface area contributed by atoms with E-state index in [1.54, 1.807) is 0 Å². The minimum absolute atomic E-state index is 0.644. The molecule has 0 radical (unpaired) electrons. The number of hydrogen-bond acceptors (Lipinski definition) is 1. The van der Waals surface area contributed by atoms with E-state index in [0.29, 0.717) is 5.92 Å². The highest BCUT2D eigenvalue weighted by Crippen LogP contribution is 2.28. The highest BCUT2D eigenvalue weighted by Gasteiger charge is 2.15. The van der Waals surface area contributed by atoms with E-state index < -0.39 is 0 Å². The molecule has 0 saturated carbocycles. The van der Waals surface area contributed by atoms with Gasteiger partial charge in [0.2, 0.25) is 0 Å². The Balaban J connectivity index is 2.21. The topological polar surface area (TPSA) is 17.8 Å². The maximum Gasteiger partial charge on any atom is 0.141 e. The molecule has 108 valence electrons. The van der Waals surface area contributed by atoms with E-state index in [1.165, 1.54) is 23.1 Å². The molecule has 2 heteroatoms. The van der Waals surface area contributed by atoms with E-state index in [2.05, 4.69) is 73.9 Å². The monoisotopic (exact) mass is 278 g/mol. The van der Waals surface area contributed by atoms with Gasteiger partial charge in [0.15, 0.2) is 0 Å². The highest BCUT2D eigenvalue weighted by molar-refractivity contribution is 5.81. The van der Waals surface area contributed by atoms with Crippen molar-refractivity contribution >= 4 is 11.0 Å². The van der Waals surface area contributed by atoms with Gasteiger partial charge >= 0.3 is 0 Å². The highest BCUT2D eigenvalue weighted by atomic mass is 15.1. The van der Waals surface area contributed by atoms with E-state index in [-0.39, 0.29) is 0 Å². The molecular weight excluding hydrogens is 256 g/mol. The summed E-state index contributed by atoms with van der Waals surface area (Å²) in [6.45, 7) is 7.72. The smallest absolute Gasteiger partial charge is 0.141 e. The van der Waals surface area contributed by atoms with E-state index in [4.69, 9.17) is 4.98 Å². The Kier molecular flexibility index (Phi) is 3.78. The van der Waals surface area contributed by atoms with Crippen molar-refractivity contribution in [2.75, 3.05) is 0 Å². The molecule has 1 heterocycles. The first-order chi connectivity index (χ1) is 10.2. The van der Waals surface area contributed by atoms with Gasteiger partial charge in [-0.25, -0.2) is 4.98 Å². The third-order valence-corrected chi connectivity index (χ3v) is 4.23. The fraction of sp³-hybridized carbons (Fsp3) is 0.316. The second-order valence-corrected chi connectivity index (χ2v) is 5.86. The summed E-state index contributed by atoms with van der Waals surface area (Å²) in [5.74, 6) is 1.74. The molecule has 0 saturated heterocycles. The molecule has 2 aromatic carbocycles. The average molecular weight is 278 g/mol. The lowest BCUT2D eigenvalue weighted by molar-refractivity contribution is 0.478. The second-order valence-electron chi connectivity index (χ2n) is 5.86. The lowest BCUT2D eigenvalue weighted by atomic mass is 10.1. The van der Waals surface area contributed by atoms with Gasteiger partial charge in [-0.1, -0.05) is 56.7 Å². The molecule has 21 heavy (non-hydrogen) atoms. The van der Waals surface area contributed by atoms with Crippen LogP contribution in [0, 0.1) is 12.8 Å². The molecule has 0 aliphatic carbocycles. The minimum Gasteiger partial charge on any atom is -0.324 e. The summed E-state index contributed by atoms with van der Waals surface area (Å²) in [5, 5.41) is 0. The molecule has 0 aliphatic heterocycles. The molecule has 0 aliphatic rings. The van der Waals surface area contributed by atoms with Crippen LogP contribution in [0.15, 0.2) is 48.5 Å². The molecule has 0 spiro atoms. The number of para-hydroxylation sites is 2. The van der Waals surface area contributed by atoms with Gasteiger partial charge in [-0.05, 0) is 30.5 Å². The van der Waals surface area contributed by atoms with Gasteiger partial charge in [-0.3, -0.25) is 0 Å². The van der Waals surface area contributed by atoms with E-state index >= 15 is 0 Å². The summed E-state index contributed by atoms with van der Waals surface area (Å²) < 4.78 is 2.38. The van der Waals surface area contributed by atoms with Gasteiger partial charge in [0.05, 0.1) is 11.0 Å². The van der Waals surface area contributed by atoms with Gasteiger partial charge in [-0.2, -0.15) is 0 Å². The predicted molar refractivity (Wildman–Crippen MR) is 89.4 cm³/mol.